The van der Waals surface area contributed by atoms with Crippen LogP contribution in [0.15, 0.2) is 30.3 Å². The molecule has 1 aromatic carbocycles. The summed E-state index contributed by atoms with van der Waals surface area (Å²) in [6.07, 6.45) is 0.623. The van der Waals surface area contributed by atoms with E-state index < -0.39 is 0 Å². The topological polar surface area (TPSA) is 75.6 Å². The Labute approximate surface area is 99.8 Å². The Hall–Kier alpha value is -2.41. The highest BCUT2D eigenvalue weighted by atomic mass is 14.9. The highest BCUT2D eigenvalue weighted by molar-refractivity contribution is 5.50. The zero-order chi connectivity index (χ0) is 12.3. The summed E-state index contributed by atoms with van der Waals surface area (Å²) in [4.78, 5) is 8.43. The second-order valence-electron chi connectivity index (χ2n) is 3.76. The lowest BCUT2D eigenvalue weighted by atomic mass is 10.1. The summed E-state index contributed by atoms with van der Waals surface area (Å²) in [6, 6.07) is 11.9. The van der Waals surface area contributed by atoms with Crippen molar-refractivity contribution < 1.29 is 0 Å². The molecule has 0 aliphatic heterocycles. The van der Waals surface area contributed by atoms with Crippen LogP contribution in [0.5, 0.6) is 0 Å². The summed E-state index contributed by atoms with van der Waals surface area (Å²) in [5.74, 6) is 0.899. The normalized spacial score (nSPS) is 9.88. The van der Waals surface area contributed by atoms with Gasteiger partial charge in [-0.25, -0.2) is 9.97 Å². The molecule has 0 radical (unpaired) electrons. The van der Waals surface area contributed by atoms with Crippen molar-refractivity contribution in [3.63, 3.8) is 0 Å². The van der Waals surface area contributed by atoms with Crippen LogP contribution in [-0.2, 0) is 6.42 Å². The van der Waals surface area contributed by atoms with Gasteiger partial charge in [-0.1, -0.05) is 30.3 Å². The van der Waals surface area contributed by atoms with E-state index in [-0.39, 0.29) is 5.82 Å². The van der Waals surface area contributed by atoms with E-state index in [1.807, 2.05) is 36.4 Å². The van der Waals surface area contributed by atoms with Crippen LogP contribution in [0.2, 0.25) is 0 Å². The first-order chi connectivity index (χ1) is 8.20. The van der Waals surface area contributed by atoms with Gasteiger partial charge >= 0.3 is 0 Å². The maximum atomic E-state index is 8.87. The van der Waals surface area contributed by atoms with Gasteiger partial charge in [0.15, 0.2) is 0 Å². The van der Waals surface area contributed by atoms with Crippen LogP contribution in [0.1, 0.15) is 22.6 Å². The zero-order valence-electron chi connectivity index (χ0n) is 9.51. The van der Waals surface area contributed by atoms with Gasteiger partial charge in [0.1, 0.15) is 23.3 Å². The molecule has 2 rings (SSSR count). The molecule has 0 amide bonds. The number of aryl methyl sites for hydroxylation is 1. The van der Waals surface area contributed by atoms with Crippen molar-refractivity contribution in [1.29, 1.82) is 5.26 Å². The van der Waals surface area contributed by atoms with Crippen LogP contribution in [0.25, 0.3) is 0 Å². The molecular weight excluding hydrogens is 212 g/mol. The van der Waals surface area contributed by atoms with Gasteiger partial charge in [-0.15, -0.1) is 0 Å². The minimum Gasteiger partial charge on any atom is -0.382 e. The maximum absolute atomic E-state index is 8.87. The van der Waals surface area contributed by atoms with Crippen molar-refractivity contribution >= 4 is 5.82 Å². The molecule has 0 bridgehead atoms. The van der Waals surface area contributed by atoms with E-state index in [0.717, 1.165) is 5.56 Å². The lowest BCUT2D eigenvalue weighted by Gasteiger charge is -2.05. The van der Waals surface area contributed by atoms with Gasteiger partial charge in [0, 0.05) is 6.42 Å². The zero-order valence-corrected chi connectivity index (χ0v) is 9.51. The first-order valence-electron chi connectivity index (χ1n) is 5.27. The number of nitrogen functional groups attached to an aromatic ring is 1. The van der Waals surface area contributed by atoms with Gasteiger partial charge < -0.3 is 5.73 Å². The van der Waals surface area contributed by atoms with Gasteiger partial charge in [-0.3, -0.25) is 0 Å². The number of benzene rings is 1. The van der Waals surface area contributed by atoms with Crippen LogP contribution in [0, 0.1) is 18.3 Å². The van der Waals surface area contributed by atoms with E-state index in [9.17, 15) is 0 Å². The van der Waals surface area contributed by atoms with E-state index in [1.165, 1.54) is 0 Å². The molecule has 0 atom stereocenters. The minimum atomic E-state index is 0.255. The van der Waals surface area contributed by atoms with Gasteiger partial charge in [0.2, 0.25) is 0 Å². The number of anilines is 1. The van der Waals surface area contributed by atoms with E-state index in [1.54, 1.807) is 6.92 Å². The summed E-state index contributed by atoms with van der Waals surface area (Å²) in [7, 11) is 0. The molecule has 2 N–H and O–H groups in total. The Morgan fingerprint density at radius 2 is 1.94 bits per heavy atom. The number of nitrogens with two attached hydrogens (primary N) is 1. The van der Waals surface area contributed by atoms with Crippen molar-refractivity contribution in [2.24, 2.45) is 0 Å². The van der Waals surface area contributed by atoms with Crippen molar-refractivity contribution in [3.05, 3.63) is 53.0 Å². The molecule has 0 aliphatic carbocycles. The third kappa shape index (κ3) is 2.40. The SMILES string of the molecule is Cc1nc(Cc2ccccc2)nc(N)c1C#N. The van der Waals surface area contributed by atoms with Crippen LogP contribution < -0.4 is 5.73 Å². The predicted octanol–water partition coefficient (Wildman–Crippen LogP) is 1.83. The van der Waals surface area contributed by atoms with Crippen molar-refractivity contribution in [2.75, 3.05) is 5.73 Å². The highest BCUT2D eigenvalue weighted by Crippen LogP contribution is 2.13. The smallest absolute Gasteiger partial charge is 0.145 e. The molecule has 0 spiro atoms. The fourth-order valence-electron chi connectivity index (χ4n) is 1.65. The van der Waals surface area contributed by atoms with Gasteiger partial charge in [0.25, 0.3) is 0 Å². The lowest BCUT2D eigenvalue weighted by molar-refractivity contribution is 0.943. The molecule has 4 nitrogen and oxygen atoms in total. The first kappa shape index (κ1) is 11.1. The Kier molecular flexibility index (Phi) is 3.01. The number of rotatable bonds is 2. The largest absolute Gasteiger partial charge is 0.382 e. The van der Waals surface area contributed by atoms with Crippen molar-refractivity contribution in [1.82, 2.24) is 9.97 Å². The summed E-state index contributed by atoms with van der Waals surface area (Å²) in [5.41, 5.74) is 7.83. The van der Waals surface area contributed by atoms with Crippen LogP contribution >= 0.6 is 0 Å². The van der Waals surface area contributed by atoms with Crippen molar-refractivity contribution in [2.45, 2.75) is 13.3 Å². The molecule has 1 heterocycles. The monoisotopic (exact) mass is 224 g/mol. The molecule has 0 saturated heterocycles. The lowest BCUT2D eigenvalue weighted by Crippen LogP contribution is -2.06. The van der Waals surface area contributed by atoms with Crippen molar-refractivity contribution in [3.8, 4) is 6.07 Å². The first-order valence-corrected chi connectivity index (χ1v) is 5.27. The molecule has 0 saturated carbocycles. The third-order valence-corrected chi connectivity index (χ3v) is 2.48. The molecule has 0 fully saturated rings. The third-order valence-electron chi connectivity index (χ3n) is 2.48. The second-order valence-corrected chi connectivity index (χ2v) is 3.76. The standard InChI is InChI=1S/C13H12N4/c1-9-11(8-14)13(15)17-12(16-9)7-10-5-3-2-4-6-10/h2-6H,7H2,1H3,(H2,15,16,17). The molecule has 0 aliphatic rings. The van der Waals surface area contributed by atoms with E-state index >= 15 is 0 Å². The van der Waals surface area contributed by atoms with E-state index in [4.69, 9.17) is 11.0 Å². The Balaban J connectivity index is 2.33. The summed E-state index contributed by atoms with van der Waals surface area (Å²) in [5, 5.41) is 8.87. The molecule has 17 heavy (non-hydrogen) atoms. The Morgan fingerprint density at radius 3 is 2.53 bits per heavy atom. The second kappa shape index (κ2) is 4.62. The van der Waals surface area contributed by atoms with Gasteiger partial charge in [-0.05, 0) is 12.5 Å². The number of hydrogen-bond donors (Lipinski definition) is 1. The molecule has 1 aromatic heterocycles. The number of aromatic nitrogens is 2. The minimum absolute atomic E-state index is 0.255. The average Bonchev–Trinajstić information content (AvgIpc) is 2.30. The molecule has 84 valence electrons. The quantitative estimate of drug-likeness (QED) is 0.844. The van der Waals surface area contributed by atoms with E-state index in [2.05, 4.69) is 9.97 Å². The van der Waals surface area contributed by atoms with Crippen LogP contribution in [-0.4, -0.2) is 9.97 Å². The molecule has 0 unspecified atom stereocenters. The fraction of sp³-hybridized carbons (Fsp3) is 0.154. The molecule has 2 aromatic rings. The number of nitriles is 1. The summed E-state index contributed by atoms with van der Waals surface area (Å²) in [6.45, 7) is 1.77. The van der Waals surface area contributed by atoms with Gasteiger partial charge in [0.05, 0.1) is 5.69 Å². The Bertz CT molecular complexity index is 547. The van der Waals surface area contributed by atoms with E-state index in [0.29, 0.717) is 23.5 Å². The summed E-state index contributed by atoms with van der Waals surface area (Å²) < 4.78 is 0. The summed E-state index contributed by atoms with van der Waals surface area (Å²) >= 11 is 0. The van der Waals surface area contributed by atoms with Crippen LogP contribution in [0.4, 0.5) is 5.82 Å². The predicted molar refractivity (Wildman–Crippen MR) is 65.1 cm³/mol. The Morgan fingerprint density at radius 1 is 1.24 bits per heavy atom. The number of nitrogens with zero attached hydrogens (tertiary/aromatic N) is 3. The highest BCUT2D eigenvalue weighted by Gasteiger charge is 2.08. The van der Waals surface area contributed by atoms with Crippen LogP contribution in [0.3, 0.4) is 0 Å². The average molecular weight is 224 g/mol. The number of hydrogen-bond acceptors (Lipinski definition) is 4. The van der Waals surface area contributed by atoms with Gasteiger partial charge in [-0.2, -0.15) is 5.26 Å². The maximum Gasteiger partial charge on any atom is 0.145 e. The fourth-order valence-corrected chi connectivity index (χ4v) is 1.65. The molecule has 4 heteroatoms. The molecular formula is C13H12N4.